The van der Waals surface area contributed by atoms with Gasteiger partial charge in [-0.25, -0.2) is 4.98 Å². The van der Waals surface area contributed by atoms with Crippen LogP contribution < -0.4 is 10.6 Å². The molecule has 130 valence electrons. The topological polar surface area (TPSA) is 58.4 Å². The lowest BCUT2D eigenvalue weighted by molar-refractivity contribution is 0.0954. The number of nitrogens with zero attached hydrogens (tertiary/aromatic N) is 2. The van der Waals surface area contributed by atoms with Gasteiger partial charge in [0, 0.05) is 42.8 Å². The van der Waals surface area contributed by atoms with E-state index in [4.69, 9.17) is 0 Å². The fourth-order valence-electron chi connectivity index (χ4n) is 3.35. The smallest absolute Gasteiger partial charge is 0.251 e. The average Bonchev–Trinajstić information content (AvgIpc) is 3.24. The van der Waals surface area contributed by atoms with E-state index in [1.165, 1.54) is 18.4 Å². The van der Waals surface area contributed by atoms with Crippen molar-refractivity contribution in [2.45, 2.75) is 25.2 Å². The summed E-state index contributed by atoms with van der Waals surface area (Å²) in [7, 11) is 0. The molecule has 5 nitrogen and oxygen atoms in total. The van der Waals surface area contributed by atoms with Gasteiger partial charge in [0.15, 0.2) is 4.96 Å². The first kappa shape index (κ1) is 16.3. The highest BCUT2D eigenvalue weighted by Gasteiger charge is 2.15. The van der Waals surface area contributed by atoms with Crippen molar-refractivity contribution >= 4 is 22.2 Å². The summed E-state index contributed by atoms with van der Waals surface area (Å²) in [6, 6.07) is 8.06. The Hall–Kier alpha value is -2.18. The Labute approximate surface area is 151 Å². The van der Waals surface area contributed by atoms with E-state index in [1.54, 1.807) is 11.3 Å². The molecule has 2 N–H and O–H groups in total. The maximum absolute atomic E-state index is 12.3. The van der Waals surface area contributed by atoms with Crippen LogP contribution in [0.3, 0.4) is 0 Å². The van der Waals surface area contributed by atoms with E-state index in [-0.39, 0.29) is 5.91 Å². The molecule has 1 aliphatic rings. The number of benzene rings is 1. The Morgan fingerprint density at radius 1 is 1.36 bits per heavy atom. The van der Waals surface area contributed by atoms with Crippen LogP contribution >= 0.6 is 11.3 Å². The highest BCUT2D eigenvalue weighted by Crippen LogP contribution is 2.23. The summed E-state index contributed by atoms with van der Waals surface area (Å²) in [5, 5.41) is 8.44. The average molecular weight is 354 g/mol. The van der Waals surface area contributed by atoms with Crippen molar-refractivity contribution in [1.29, 1.82) is 0 Å². The van der Waals surface area contributed by atoms with E-state index < -0.39 is 0 Å². The number of carbonyl (C=O) groups excluding carboxylic acids is 1. The van der Waals surface area contributed by atoms with E-state index in [9.17, 15) is 4.79 Å². The van der Waals surface area contributed by atoms with Crippen molar-refractivity contribution in [2.24, 2.45) is 0 Å². The summed E-state index contributed by atoms with van der Waals surface area (Å²) in [4.78, 5) is 17.8. The van der Waals surface area contributed by atoms with Crippen LogP contribution in [-0.4, -0.2) is 34.9 Å². The lowest BCUT2D eigenvalue weighted by atomic mass is 9.91. The first-order valence-electron chi connectivity index (χ1n) is 8.79. The van der Waals surface area contributed by atoms with Gasteiger partial charge < -0.3 is 10.6 Å². The SMILES string of the molecule is O=C(NCCc1cn2ccsc2n1)c1ccc([C@@H]2CCCNC2)cc1. The van der Waals surface area contributed by atoms with Gasteiger partial charge >= 0.3 is 0 Å². The molecule has 6 heteroatoms. The number of hydrogen-bond acceptors (Lipinski definition) is 4. The van der Waals surface area contributed by atoms with Crippen molar-refractivity contribution in [3.05, 3.63) is 58.9 Å². The second-order valence-electron chi connectivity index (χ2n) is 6.50. The van der Waals surface area contributed by atoms with Gasteiger partial charge in [0.25, 0.3) is 5.91 Å². The van der Waals surface area contributed by atoms with Crippen molar-refractivity contribution in [1.82, 2.24) is 20.0 Å². The molecule has 3 heterocycles. The number of nitrogens with one attached hydrogen (secondary N) is 2. The Morgan fingerprint density at radius 2 is 2.24 bits per heavy atom. The molecule has 1 saturated heterocycles. The molecule has 1 amide bonds. The van der Waals surface area contributed by atoms with Crippen LogP contribution in [0.4, 0.5) is 0 Å². The van der Waals surface area contributed by atoms with Gasteiger partial charge in [-0.2, -0.15) is 0 Å². The predicted molar refractivity (Wildman–Crippen MR) is 100 cm³/mol. The second-order valence-corrected chi connectivity index (χ2v) is 7.37. The first-order valence-corrected chi connectivity index (χ1v) is 9.67. The molecule has 0 saturated carbocycles. The number of piperidine rings is 1. The van der Waals surface area contributed by atoms with E-state index in [0.717, 1.165) is 35.7 Å². The number of hydrogen-bond donors (Lipinski definition) is 2. The minimum absolute atomic E-state index is 0.0191. The van der Waals surface area contributed by atoms with Crippen LogP contribution in [0.15, 0.2) is 42.0 Å². The summed E-state index contributed by atoms with van der Waals surface area (Å²) in [5.41, 5.74) is 3.05. The molecule has 0 bridgehead atoms. The van der Waals surface area contributed by atoms with Crippen LogP contribution in [0, 0.1) is 0 Å². The normalized spacial score (nSPS) is 17.7. The molecule has 25 heavy (non-hydrogen) atoms. The van der Waals surface area contributed by atoms with Crippen molar-refractivity contribution in [2.75, 3.05) is 19.6 Å². The van der Waals surface area contributed by atoms with Crippen molar-refractivity contribution in [3.8, 4) is 0 Å². The molecule has 3 aromatic rings. The number of carbonyl (C=O) groups is 1. The number of rotatable bonds is 5. The van der Waals surface area contributed by atoms with E-state index >= 15 is 0 Å². The van der Waals surface area contributed by atoms with Crippen LogP contribution in [0.2, 0.25) is 0 Å². The van der Waals surface area contributed by atoms with Gasteiger partial charge in [-0.15, -0.1) is 11.3 Å². The number of imidazole rings is 1. The van der Waals surface area contributed by atoms with Crippen LogP contribution in [0.25, 0.3) is 4.96 Å². The summed E-state index contributed by atoms with van der Waals surface area (Å²) in [5.74, 6) is 0.551. The molecule has 1 aromatic carbocycles. The zero-order chi connectivity index (χ0) is 17.1. The van der Waals surface area contributed by atoms with Gasteiger partial charge in [-0.05, 0) is 43.0 Å². The summed E-state index contributed by atoms with van der Waals surface area (Å²) in [6.45, 7) is 2.75. The van der Waals surface area contributed by atoms with Crippen molar-refractivity contribution < 1.29 is 4.79 Å². The number of thiazole rings is 1. The third-order valence-electron chi connectivity index (χ3n) is 4.75. The second kappa shape index (κ2) is 7.37. The van der Waals surface area contributed by atoms with Gasteiger partial charge in [-0.3, -0.25) is 9.20 Å². The standard InChI is InChI=1S/C19H22N4OS/c24-18(21-9-7-17-13-23-10-11-25-19(23)22-17)15-5-3-14(4-6-15)16-2-1-8-20-12-16/h3-6,10-11,13,16,20H,1-2,7-9,12H2,(H,21,24)/t16-/m1/s1. The van der Waals surface area contributed by atoms with Gasteiger partial charge in [0.1, 0.15) is 0 Å². The van der Waals surface area contributed by atoms with Gasteiger partial charge in [-0.1, -0.05) is 12.1 Å². The van der Waals surface area contributed by atoms with E-state index in [1.807, 2.05) is 34.3 Å². The molecule has 1 fully saturated rings. The van der Waals surface area contributed by atoms with Gasteiger partial charge in [0.05, 0.1) is 5.69 Å². The van der Waals surface area contributed by atoms with Crippen molar-refractivity contribution in [3.63, 3.8) is 0 Å². The van der Waals surface area contributed by atoms with Crippen LogP contribution in [0.1, 0.15) is 40.4 Å². The summed E-state index contributed by atoms with van der Waals surface area (Å²) >= 11 is 1.62. The zero-order valence-corrected chi connectivity index (χ0v) is 14.9. The number of amides is 1. The Balaban J connectivity index is 1.30. The monoisotopic (exact) mass is 354 g/mol. The lowest BCUT2D eigenvalue weighted by Gasteiger charge is -2.23. The molecule has 0 unspecified atom stereocenters. The van der Waals surface area contributed by atoms with Crippen LogP contribution in [0.5, 0.6) is 0 Å². The van der Waals surface area contributed by atoms with E-state index in [2.05, 4.69) is 27.8 Å². The molecule has 0 aliphatic carbocycles. The summed E-state index contributed by atoms with van der Waals surface area (Å²) < 4.78 is 2.01. The predicted octanol–water partition coefficient (Wildman–Crippen LogP) is 2.84. The Kier molecular flexibility index (Phi) is 4.81. The zero-order valence-electron chi connectivity index (χ0n) is 14.1. The molecule has 0 spiro atoms. The fraction of sp³-hybridized carbons (Fsp3) is 0.368. The van der Waals surface area contributed by atoms with Gasteiger partial charge in [0.2, 0.25) is 0 Å². The highest BCUT2D eigenvalue weighted by atomic mass is 32.1. The highest BCUT2D eigenvalue weighted by molar-refractivity contribution is 7.15. The maximum atomic E-state index is 12.3. The molecule has 2 aromatic heterocycles. The summed E-state index contributed by atoms with van der Waals surface area (Å²) in [6.07, 6.45) is 7.20. The number of fused-ring (bicyclic) bond motifs is 1. The molecular weight excluding hydrogens is 332 g/mol. The third-order valence-corrected chi connectivity index (χ3v) is 5.52. The molecule has 4 rings (SSSR count). The Bertz CT molecular complexity index is 817. The minimum atomic E-state index is -0.0191. The maximum Gasteiger partial charge on any atom is 0.251 e. The molecule has 0 radical (unpaired) electrons. The number of aromatic nitrogens is 2. The lowest BCUT2D eigenvalue weighted by Crippen LogP contribution is -2.28. The molecular formula is C19H22N4OS. The van der Waals surface area contributed by atoms with Crippen LogP contribution in [-0.2, 0) is 6.42 Å². The molecule has 1 aliphatic heterocycles. The molecule has 1 atom stereocenters. The fourth-order valence-corrected chi connectivity index (χ4v) is 4.06. The first-order chi connectivity index (χ1) is 12.3. The Morgan fingerprint density at radius 3 is 3.00 bits per heavy atom. The third kappa shape index (κ3) is 3.75. The van der Waals surface area contributed by atoms with E-state index in [0.29, 0.717) is 12.5 Å². The minimum Gasteiger partial charge on any atom is -0.352 e. The quantitative estimate of drug-likeness (QED) is 0.741. The largest absolute Gasteiger partial charge is 0.352 e.